The lowest BCUT2D eigenvalue weighted by atomic mass is 10.1. The number of methoxy groups -OCH3 is 5. The van der Waals surface area contributed by atoms with E-state index in [0.29, 0.717) is 44.9 Å². The summed E-state index contributed by atoms with van der Waals surface area (Å²) in [5.74, 6) is 3.19. The smallest absolute Gasteiger partial charge is 0.216 e. The highest BCUT2D eigenvalue weighted by atomic mass is 32.1. The van der Waals surface area contributed by atoms with Crippen LogP contribution in [-0.4, -0.2) is 56.6 Å². The minimum atomic E-state index is 0.329. The molecule has 0 amide bonds. The van der Waals surface area contributed by atoms with E-state index in [4.69, 9.17) is 35.9 Å². The molecule has 158 valence electrons. The normalized spacial score (nSPS) is 10.8. The summed E-state index contributed by atoms with van der Waals surface area (Å²) in [6.45, 7) is 0. The number of hydrogen-bond donors (Lipinski definition) is 1. The first kappa shape index (κ1) is 21.2. The molecule has 30 heavy (non-hydrogen) atoms. The number of nitrogens with zero attached hydrogens (tertiary/aromatic N) is 3. The van der Waals surface area contributed by atoms with Crippen molar-refractivity contribution in [2.45, 2.75) is 0 Å². The Bertz CT molecular complexity index is 1100. The Morgan fingerprint density at radius 3 is 2.07 bits per heavy atom. The fourth-order valence-corrected chi connectivity index (χ4v) is 3.03. The Morgan fingerprint density at radius 2 is 1.50 bits per heavy atom. The van der Waals surface area contributed by atoms with Gasteiger partial charge in [-0.05, 0) is 48.1 Å². The van der Waals surface area contributed by atoms with E-state index in [1.165, 1.54) is 4.68 Å². The molecule has 3 aromatic rings. The van der Waals surface area contributed by atoms with Crippen LogP contribution in [0.3, 0.4) is 0 Å². The van der Waals surface area contributed by atoms with Gasteiger partial charge in [0.1, 0.15) is 0 Å². The summed E-state index contributed by atoms with van der Waals surface area (Å²) in [6.07, 6.45) is 1.65. The van der Waals surface area contributed by atoms with Crippen molar-refractivity contribution < 1.29 is 23.7 Å². The Kier molecular flexibility index (Phi) is 6.58. The lowest BCUT2D eigenvalue weighted by molar-refractivity contribution is 0.324. The highest BCUT2D eigenvalue weighted by Gasteiger charge is 2.17. The number of nitrogens with one attached hydrogen (secondary N) is 1. The van der Waals surface area contributed by atoms with Crippen LogP contribution in [0.1, 0.15) is 5.56 Å². The average Bonchev–Trinajstić information content (AvgIpc) is 3.16. The Labute approximate surface area is 178 Å². The monoisotopic (exact) mass is 430 g/mol. The van der Waals surface area contributed by atoms with Gasteiger partial charge in [-0.2, -0.15) is 14.9 Å². The maximum absolute atomic E-state index is 5.42. The minimum absolute atomic E-state index is 0.329. The molecule has 0 spiro atoms. The second-order valence-corrected chi connectivity index (χ2v) is 6.32. The van der Waals surface area contributed by atoms with Gasteiger partial charge in [0, 0.05) is 5.56 Å². The van der Waals surface area contributed by atoms with E-state index >= 15 is 0 Å². The first-order valence-corrected chi connectivity index (χ1v) is 9.21. The van der Waals surface area contributed by atoms with Gasteiger partial charge in [0.15, 0.2) is 28.8 Å². The lowest BCUT2D eigenvalue weighted by Gasteiger charge is -2.13. The third kappa shape index (κ3) is 4.08. The molecule has 0 atom stereocenters. The summed E-state index contributed by atoms with van der Waals surface area (Å²) in [7, 11) is 7.80. The number of ether oxygens (including phenoxy) is 5. The average molecular weight is 430 g/mol. The fourth-order valence-electron chi connectivity index (χ4n) is 2.85. The molecule has 0 aliphatic carbocycles. The molecule has 10 heteroatoms. The number of aromatic nitrogens is 3. The molecule has 0 radical (unpaired) electrons. The summed E-state index contributed by atoms with van der Waals surface area (Å²) in [5, 5.41) is 11.5. The van der Waals surface area contributed by atoms with E-state index < -0.39 is 0 Å². The molecule has 0 unspecified atom stereocenters. The number of aromatic amines is 1. The number of hydrogen-bond acceptors (Lipinski definition) is 8. The van der Waals surface area contributed by atoms with E-state index in [2.05, 4.69) is 15.3 Å². The first-order valence-electron chi connectivity index (χ1n) is 8.80. The Balaban J connectivity index is 2.04. The van der Waals surface area contributed by atoms with Crippen LogP contribution >= 0.6 is 12.2 Å². The van der Waals surface area contributed by atoms with Gasteiger partial charge in [-0.25, -0.2) is 5.10 Å². The molecule has 0 aliphatic heterocycles. The number of H-pyrrole nitrogens is 1. The van der Waals surface area contributed by atoms with E-state index in [0.717, 1.165) is 5.56 Å². The molecule has 0 bridgehead atoms. The van der Waals surface area contributed by atoms with Gasteiger partial charge >= 0.3 is 0 Å². The van der Waals surface area contributed by atoms with Crippen LogP contribution in [0.5, 0.6) is 28.7 Å². The highest BCUT2D eigenvalue weighted by Crippen LogP contribution is 2.40. The third-order valence-electron chi connectivity index (χ3n) is 4.30. The molecule has 9 nitrogen and oxygen atoms in total. The van der Waals surface area contributed by atoms with E-state index in [1.807, 2.05) is 12.1 Å². The second-order valence-electron chi connectivity index (χ2n) is 5.94. The predicted octanol–water partition coefficient (Wildman–Crippen LogP) is 3.53. The molecule has 1 aromatic heterocycles. The molecule has 0 fully saturated rings. The van der Waals surface area contributed by atoms with Crippen LogP contribution in [0.4, 0.5) is 0 Å². The van der Waals surface area contributed by atoms with Crippen molar-refractivity contribution in [3.05, 3.63) is 40.7 Å². The molecule has 1 N–H and O–H groups in total. The van der Waals surface area contributed by atoms with Crippen LogP contribution in [0.2, 0.25) is 0 Å². The summed E-state index contributed by atoms with van der Waals surface area (Å²) in [4.78, 5) is 0. The quantitative estimate of drug-likeness (QED) is 0.432. The molecular weight excluding hydrogens is 408 g/mol. The number of rotatable bonds is 8. The second kappa shape index (κ2) is 9.31. The zero-order valence-electron chi connectivity index (χ0n) is 17.3. The molecule has 0 saturated carbocycles. The van der Waals surface area contributed by atoms with Crippen LogP contribution in [0.15, 0.2) is 35.4 Å². The largest absolute Gasteiger partial charge is 0.493 e. The first-order chi connectivity index (χ1) is 14.6. The van der Waals surface area contributed by atoms with Gasteiger partial charge in [0.2, 0.25) is 10.5 Å². The number of benzene rings is 2. The molecule has 3 rings (SSSR count). The van der Waals surface area contributed by atoms with Crippen LogP contribution in [0.25, 0.3) is 11.4 Å². The molecule has 0 saturated heterocycles. The standard InChI is InChI=1S/C20H22N4O5S/c1-25-14-7-6-12(8-15(14)26-2)11-21-24-19(22-23-20(24)30)13-9-16(27-3)18(29-5)17(10-13)28-4/h6-11H,1-5H3,(H,23,30)/b21-11+. The van der Waals surface area contributed by atoms with Gasteiger partial charge in [0.05, 0.1) is 41.8 Å². The van der Waals surface area contributed by atoms with Crippen molar-refractivity contribution in [1.82, 2.24) is 14.9 Å². The SMILES string of the molecule is COc1ccc(/C=N/n2c(-c3cc(OC)c(OC)c(OC)c3)n[nH]c2=S)cc1OC. The zero-order valence-corrected chi connectivity index (χ0v) is 18.1. The van der Waals surface area contributed by atoms with Crippen molar-refractivity contribution in [1.29, 1.82) is 0 Å². The molecule has 2 aromatic carbocycles. The van der Waals surface area contributed by atoms with Crippen molar-refractivity contribution >= 4 is 18.4 Å². The van der Waals surface area contributed by atoms with Crippen molar-refractivity contribution in [2.24, 2.45) is 5.10 Å². The van der Waals surface area contributed by atoms with Crippen LogP contribution < -0.4 is 23.7 Å². The van der Waals surface area contributed by atoms with Gasteiger partial charge in [0.25, 0.3) is 0 Å². The van der Waals surface area contributed by atoms with Crippen LogP contribution in [-0.2, 0) is 0 Å². The van der Waals surface area contributed by atoms with Gasteiger partial charge in [-0.3, -0.25) is 0 Å². The van der Waals surface area contributed by atoms with Crippen molar-refractivity contribution in [3.63, 3.8) is 0 Å². The zero-order chi connectivity index (χ0) is 21.7. The fraction of sp³-hybridized carbons (Fsp3) is 0.250. The molecular formula is C20H22N4O5S. The van der Waals surface area contributed by atoms with Crippen molar-refractivity contribution in [2.75, 3.05) is 35.5 Å². The van der Waals surface area contributed by atoms with E-state index in [-0.39, 0.29) is 0 Å². The topological polar surface area (TPSA) is 92.1 Å². The highest BCUT2D eigenvalue weighted by molar-refractivity contribution is 7.71. The van der Waals surface area contributed by atoms with E-state index in [9.17, 15) is 0 Å². The minimum Gasteiger partial charge on any atom is -0.493 e. The summed E-state index contributed by atoms with van der Waals surface area (Å²) < 4.78 is 28.6. The summed E-state index contributed by atoms with van der Waals surface area (Å²) in [5.41, 5.74) is 1.48. The Hall–Kier alpha value is -3.53. The van der Waals surface area contributed by atoms with Crippen molar-refractivity contribution in [3.8, 4) is 40.1 Å². The van der Waals surface area contributed by atoms with Crippen LogP contribution in [0, 0.1) is 4.77 Å². The maximum atomic E-state index is 5.42. The summed E-state index contributed by atoms with van der Waals surface area (Å²) >= 11 is 5.35. The Morgan fingerprint density at radius 1 is 0.867 bits per heavy atom. The predicted molar refractivity (Wildman–Crippen MR) is 115 cm³/mol. The van der Waals surface area contributed by atoms with Gasteiger partial charge in [-0.1, -0.05) is 0 Å². The summed E-state index contributed by atoms with van der Waals surface area (Å²) in [6, 6.07) is 9.01. The third-order valence-corrected chi connectivity index (χ3v) is 4.57. The van der Waals surface area contributed by atoms with Gasteiger partial charge < -0.3 is 23.7 Å². The molecule has 1 heterocycles. The lowest BCUT2D eigenvalue weighted by Crippen LogP contribution is -1.99. The molecule has 0 aliphatic rings. The van der Waals surface area contributed by atoms with E-state index in [1.54, 1.807) is 60.0 Å². The van der Waals surface area contributed by atoms with Gasteiger partial charge in [-0.15, -0.1) is 0 Å². The maximum Gasteiger partial charge on any atom is 0.216 e.